The van der Waals surface area contributed by atoms with Gasteiger partial charge in [0.1, 0.15) is 6.04 Å². The van der Waals surface area contributed by atoms with Crippen LogP contribution in [0.3, 0.4) is 0 Å². The summed E-state index contributed by atoms with van der Waals surface area (Å²) in [6.45, 7) is 2.72. The minimum Gasteiger partial charge on any atom is -0.354 e. The highest BCUT2D eigenvalue weighted by molar-refractivity contribution is 7.99. The molecule has 0 aromatic heterocycles. The third-order valence-corrected chi connectivity index (χ3v) is 5.37. The lowest BCUT2D eigenvalue weighted by molar-refractivity contribution is -0.143. The smallest absolute Gasteiger partial charge is 0.243 e. The van der Waals surface area contributed by atoms with E-state index in [9.17, 15) is 9.59 Å². The van der Waals surface area contributed by atoms with E-state index in [2.05, 4.69) is 10.6 Å². The zero-order valence-electron chi connectivity index (χ0n) is 11.1. The van der Waals surface area contributed by atoms with Crippen LogP contribution in [0.1, 0.15) is 19.3 Å². The molecule has 2 heterocycles. The topological polar surface area (TPSA) is 61.4 Å². The largest absolute Gasteiger partial charge is 0.354 e. The van der Waals surface area contributed by atoms with Crippen LogP contribution in [0.4, 0.5) is 0 Å². The molecule has 2 aliphatic heterocycles. The Hall–Kier alpha value is -0.750. The van der Waals surface area contributed by atoms with Gasteiger partial charge >= 0.3 is 0 Å². The Labute approximate surface area is 117 Å². The number of thioether (sulfide) groups is 1. The molecular formula is C13H21N3O2S. The van der Waals surface area contributed by atoms with Crippen molar-refractivity contribution < 1.29 is 9.59 Å². The molecule has 2 amide bonds. The van der Waals surface area contributed by atoms with Crippen molar-refractivity contribution in [3.8, 4) is 0 Å². The second-order valence-electron chi connectivity index (χ2n) is 5.72. The maximum absolute atomic E-state index is 12.3. The Balaban J connectivity index is 1.52. The van der Waals surface area contributed by atoms with Crippen LogP contribution in [0.25, 0.3) is 0 Å². The van der Waals surface area contributed by atoms with Crippen LogP contribution >= 0.6 is 11.8 Å². The zero-order chi connectivity index (χ0) is 13.2. The van der Waals surface area contributed by atoms with Crippen molar-refractivity contribution in [2.45, 2.75) is 25.3 Å². The van der Waals surface area contributed by atoms with Crippen LogP contribution in [0.15, 0.2) is 0 Å². The molecule has 0 bridgehead atoms. The maximum Gasteiger partial charge on any atom is 0.243 e. The third kappa shape index (κ3) is 2.74. The number of carbonyl (C=O) groups excluding carboxylic acids is 2. The summed E-state index contributed by atoms with van der Waals surface area (Å²) in [4.78, 5) is 26.3. The van der Waals surface area contributed by atoms with E-state index in [0.29, 0.717) is 11.8 Å². The first-order chi connectivity index (χ1) is 9.25. The predicted octanol–water partition coefficient (Wildman–Crippen LogP) is 0.0236. The number of amides is 2. The Morgan fingerprint density at radius 3 is 2.68 bits per heavy atom. The Kier molecular flexibility index (Phi) is 3.98. The standard InChI is InChI=1S/C13H21N3O2S/c17-12(15-6-9-4-14-5-9)11-7-19-8-16(11)13(18)10-2-1-3-10/h9-11,14H,1-8H2,(H,15,17). The van der Waals surface area contributed by atoms with Gasteiger partial charge in [0, 0.05) is 37.2 Å². The third-order valence-electron chi connectivity index (χ3n) is 4.35. The SMILES string of the molecule is O=C(NCC1CNC1)C1CSCN1C(=O)C1CCC1. The number of nitrogens with zero attached hydrogens (tertiary/aromatic N) is 1. The summed E-state index contributed by atoms with van der Waals surface area (Å²) in [7, 11) is 0. The van der Waals surface area contributed by atoms with Gasteiger partial charge in [-0.05, 0) is 12.8 Å². The highest BCUT2D eigenvalue weighted by Gasteiger charge is 2.39. The molecule has 19 heavy (non-hydrogen) atoms. The summed E-state index contributed by atoms with van der Waals surface area (Å²) in [6.07, 6.45) is 3.16. The predicted molar refractivity (Wildman–Crippen MR) is 74.7 cm³/mol. The summed E-state index contributed by atoms with van der Waals surface area (Å²) in [5.74, 6) is 2.40. The molecule has 6 heteroatoms. The van der Waals surface area contributed by atoms with Crippen LogP contribution in [0.5, 0.6) is 0 Å². The van der Waals surface area contributed by atoms with Crippen molar-refractivity contribution in [1.82, 2.24) is 15.5 Å². The van der Waals surface area contributed by atoms with E-state index in [1.165, 1.54) is 0 Å². The molecule has 3 rings (SSSR count). The van der Waals surface area contributed by atoms with Gasteiger partial charge in [-0.25, -0.2) is 0 Å². The summed E-state index contributed by atoms with van der Waals surface area (Å²) in [5.41, 5.74) is 0. The van der Waals surface area contributed by atoms with Crippen molar-refractivity contribution in [1.29, 1.82) is 0 Å². The van der Waals surface area contributed by atoms with Crippen molar-refractivity contribution >= 4 is 23.6 Å². The van der Waals surface area contributed by atoms with Gasteiger partial charge < -0.3 is 15.5 Å². The molecule has 1 unspecified atom stereocenters. The van der Waals surface area contributed by atoms with Gasteiger partial charge in [-0.3, -0.25) is 9.59 Å². The van der Waals surface area contributed by atoms with E-state index < -0.39 is 0 Å². The van der Waals surface area contributed by atoms with Crippen molar-refractivity contribution in [2.24, 2.45) is 11.8 Å². The number of hydrogen-bond acceptors (Lipinski definition) is 4. The first kappa shape index (κ1) is 13.2. The molecule has 1 saturated carbocycles. The lowest BCUT2D eigenvalue weighted by Gasteiger charge is -2.32. The highest BCUT2D eigenvalue weighted by atomic mass is 32.2. The van der Waals surface area contributed by atoms with Crippen molar-refractivity contribution in [2.75, 3.05) is 31.3 Å². The lowest BCUT2D eigenvalue weighted by Crippen LogP contribution is -2.53. The first-order valence-electron chi connectivity index (χ1n) is 7.12. The van der Waals surface area contributed by atoms with Gasteiger partial charge in [0.15, 0.2) is 0 Å². The van der Waals surface area contributed by atoms with Crippen molar-refractivity contribution in [3.63, 3.8) is 0 Å². The first-order valence-corrected chi connectivity index (χ1v) is 8.28. The van der Waals surface area contributed by atoms with Crippen LogP contribution in [-0.4, -0.2) is 54.0 Å². The number of hydrogen-bond donors (Lipinski definition) is 2. The minimum absolute atomic E-state index is 0.0320. The fraction of sp³-hybridized carbons (Fsp3) is 0.846. The molecule has 1 aliphatic carbocycles. The molecule has 3 fully saturated rings. The zero-order valence-corrected chi connectivity index (χ0v) is 11.9. The van der Waals surface area contributed by atoms with E-state index in [1.807, 2.05) is 0 Å². The van der Waals surface area contributed by atoms with Crippen LogP contribution in [0, 0.1) is 11.8 Å². The van der Waals surface area contributed by atoms with E-state index in [-0.39, 0.29) is 23.8 Å². The summed E-state index contributed by atoms with van der Waals surface area (Å²) < 4.78 is 0. The van der Waals surface area contributed by atoms with E-state index >= 15 is 0 Å². The fourth-order valence-electron chi connectivity index (χ4n) is 2.62. The Morgan fingerprint density at radius 1 is 1.32 bits per heavy atom. The normalized spacial score (nSPS) is 27.8. The summed E-state index contributed by atoms with van der Waals surface area (Å²) in [5, 5.41) is 6.19. The Morgan fingerprint density at radius 2 is 2.11 bits per heavy atom. The van der Waals surface area contributed by atoms with Gasteiger partial charge in [0.05, 0.1) is 5.88 Å². The number of rotatable bonds is 4. The number of carbonyl (C=O) groups is 2. The maximum atomic E-state index is 12.3. The molecule has 3 aliphatic rings. The summed E-state index contributed by atoms with van der Waals surface area (Å²) >= 11 is 1.68. The van der Waals surface area contributed by atoms with Gasteiger partial charge in [0.25, 0.3) is 0 Å². The van der Waals surface area contributed by atoms with Crippen molar-refractivity contribution in [3.05, 3.63) is 0 Å². The minimum atomic E-state index is -0.244. The van der Waals surface area contributed by atoms with E-state index in [1.54, 1.807) is 16.7 Å². The van der Waals surface area contributed by atoms with E-state index in [0.717, 1.165) is 44.6 Å². The van der Waals surface area contributed by atoms with Gasteiger partial charge in [-0.2, -0.15) is 0 Å². The average molecular weight is 283 g/mol. The molecule has 0 radical (unpaired) electrons. The molecule has 2 saturated heterocycles. The lowest BCUT2D eigenvalue weighted by atomic mass is 9.84. The van der Waals surface area contributed by atoms with E-state index in [4.69, 9.17) is 0 Å². The monoisotopic (exact) mass is 283 g/mol. The van der Waals surface area contributed by atoms with Crippen LogP contribution in [0.2, 0.25) is 0 Å². The molecule has 0 spiro atoms. The van der Waals surface area contributed by atoms with Gasteiger partial charge in [0.2, 0.25) is 11.8 Å². The van der Waals surface area contributed by atoms with Gasteiger partial charge in [-0.15, -0.1) is 11.8 Å². The highest BCUT2D eigenvalue weighted by Crippen LogP contribution is 2.32. The molecule has 1 atom stereocenters. The second kappa shape index (κ2) is 5.71. The molecule has 5 nitrogen and oxygen atoms in total. The second-order valence-corrected chi connectivity index (χ2v) is 6.72. The molecular weight excluding hydrogens is 262 g/mol. The molecule has 0 aromatic carbocycles. The van der Waals surface area contributed by atoms with Crippen LogP contribution in [-0.2, 0) is 9.59 Å². The van der Waals surface area contributed by atoms with Gasteiger partial charge in [-0.1, -0.05) is 6.42 Å². The quantitative estimate of drug-likeness (QED) is 0.764. The molecule has 2 N–H and O–H groups in total. The fourth-order valence-corrected chi connectivity index (χ4v) is 3.79. The summed E-state index contributed by atoms with van der Waals surface area (Å²) in [6, 6.07) is -0.244. The molecule has 106 valence electrons. The molecule has 0 aromatic rings. The van der Waals surface area contributed by atoms with Crippen LogP contribution < -0.4 is 10.6 Å². The average Bonchev–Trinajstić information content (AvgIpc) is 2.72. The number of nitrogens with one attached hydrogen (secondary N) is 2. The Bertz CT molecular complexity index is 369.